The quantitative estimate of drug-likeness (QED) is 0.653. The van der Waals surface area contributed by atoms with Crippen LogP contribution in [0.15, 0.2) is 23.6 Å². The van der Waals surface area contributed by atoms with Crippen LogP contribution in [0.2, 0.25) is 0 Å². The first kappa shape index (κ1) is 16.3. The van der Waals surface area contributed by atoms with Crippen molar-refractivity contribution in [2.75, 3.05) is 12.3 Å². The van der Waals surface area contributed by atoms with Crippen LogP contribution < -0.4 is 10.5 Å². The number of nitrogens with two attached hydrogens (primary N) is 1. The van der Waals surface area contributed by atoms with Gasteiger partial charge in [0.2, 0.25) is 0 Å². The van der Waals surface area contributed by atoms with Crippen LogP contribution in [-0.4, -0.2) is 23.7 Å². The minimum Gasteiger partial charge on any atom is -0.489 e. The highest BCUT2D eigenvalue weighted by Crippen LogP contribution is 2.25. The lowest BCUT2D eigenvalue weighted by Crippen LogP contribution is -2.07. The molecule has 1 heterocycles. The number of thiazole rings is 1. The highest BCUT2D eigenvalue weighted by Gasteiger charge is 2.12. The van der Waals surface area contributed by atoms with Gasteiger partial charge in [0.15, 0.2) is 5.69 Å². The molecule has 6 heteroatoms. The largest absolute Gasteiger partial charge is 0.489 e. The topological polar surface area (TPSA) is 74.4 Å². The van der Waals surface area contributed by atoms with Gasteiger partial charge in [-0.2, -0.15) is 0 Å². The van der Waals surface area contributed by atoms with Crippen molar-refractivity contribution in [3.05, 3.63) is 39.8 Å². The molecule has 0 radical (unpaired) electrons. The molecule has 0 spiro atoms. The molecule has 0 bridgehead atoms. The second-order valence-electron chi connectivity index (χ2n) is 5.06. The summed E-state index contributed by atoms with van der Waals surface area (Å²) in [5.74, 6) is 0.301. The Balaban J connectivity index is 2.08. The Hall–Kier alpha value is -2.08. The molecule has 2 rings (SSSR count). The Morgan fingerprint density at radius 1 is 1.41 bits per heavy atom. The standard InChI is InChI=1S/C16H20N2O3S/c1-4-20-16(19)13-9-22-15(18-13)8-11-5-6-14(12(17)7-11)21-10(2)3/h5-7,9-10H,4,8,17H2,1-3H3. The molecular weight excluding hydrogens is 300 g/mol. The molecule has 0 aliphatic carbocycles. The predicted octanol–water partition coefficient (Wildman–Crippen LogP) is 3.28. The highest BCUT2D eigenvalue weighted by molar-refractivity contribution is 7.09. The van der Waals surface area contributed by atoms with Gasteiger partial charge in [0.25, 0.3) is 0 Å². The van der Waals surface area contributed by atoms with E-state index in [0.29, 0.717) is 30.2 Å². The monoisotopic (exact) mass is 320 g/mol. The number of hydrogen-bond acceptors (Lipinski definition) is 6. The maximum Gasteiger partial charge on any atom is 0.357 e. The molecule has 0 fully saturated rings. The van der Waals surface area contributed by atoms with Crippen LogP contribution in [0, 0.1) is 0 Å². The molecule has 1 aromatic carbocycles. The normalized spacial score (nSPS) is 10.7. The van der Waals surface area contributed by atoms with Gasteiger partial charge in [0.1, 0.15) is 5.75 Å². The molecule has 5 nitrogen and oxygen atoms in total. The highest BCUT2D eigenvalue weighted by atomic mass is 32.1. The van der Waals surface area contributed by atoms with Gasteiger partial charge in [-0.25, -0.2) is 9.78 Å². The van der Waals surface area contributed by atoms with E-state index >= 15 is 0 Å². The molecule has 2 aromatic rings. The lowest BCUT2D eigenvalue weighted by Gasteiger charge is -2.12. The Labute approximate surface area is 134 Å². The van der Waals surface area contributed by atoms with E-state index in [-0.39, 0.29) is 12.1 Å². The van der Waals surface area contributed by atoms with Gasteiger partial charge in [0, 0.05) is 11.8 Å². The van der Waals surface area contributed by atoms with Crippen molar-refractivity contribution in [2.24, 2.45) is 0 Å². The third-order valence-electron chi connectivity index (χ3n) is 2.83. The molecule has 0 atom stereocenters. The second-order valence-corrected chi connectivity index (χ2v) is 6.01. The minimum absolute atomic E-state index is 0.0826. The van der Waals surface area contributed by atoms with Gasteiger partial charge in [-0.3, -0.25) is 0 Å². The van der Waals surface area contributed by atoms with Crippen LogP contribution in [-0.2, 0) is 11.2 Å². The second kappa shape index (κ2) is 7.26. The van der Waals surface area contributed by atoms with E-state index in [0.717, 1.165) is 10.6 Å². The fourth-order valence-electron chi connectivity index (χ4n) is 1.93. The van der Waals surface area contributed by atoms with Crippen LogP contribution in [0.5, 0.6) is 5.75 Å². The van der Waals surface area contributed by atoms with Crippen molar-refractivity contribution in [3.63, 3.8) is 0 Å². The number of benzene rings is 1. The van der Waals surface area contributed by atoms with Crippen LogP contribution in [0.3, 0.4) is 0 Å². The van der Waals surface area contributed by atoms with Crippen molar-refractivity contribution in [2.45, 2.75) is 33.3 Å². The van der Waals surface area contributed by atoms with Gasteiger partial charge in [-0.1, -0.05) is 6.07 Å². The molecule has 0 aliphatic heterocycles. The molecule has 0 amide bonds. The Kier molecular flexibility index (Phi) is 5.38. The first-order chi connectivity index (χ1) is 10.5. The molecule has 0 unspecified atom stereocenters. The maximum absolute atomic E-state index is 11.6. The number of hydrogen-bond donors (Lipinski definition) is 1. The van der Waals surface area contributed by atoms with Gasteiger partial charge in [-0.15, -0.1) is 11.3 Å². The average Bonchev–Trinajstić information content (AvgIpc) is 2.90. The Morgan fingerprint density at radius 3 is 2.82 bits per heavy atom. The number of aromatic nitrogens is 1. The summed E-state index contributed by atoms with van der Waals surface area (Å²) in [5, 5.41) is 2.56. The summed E-state index contributed by atoms with van der Waals surface area (Å²) in [7, 11) is 0. The number of anilines is 1. The Bertz CT molecular complexity index is 653. The molecular formula is C16H20N2O3S. The lowest BCUT2D eigenvalue weighted by molar-refractivity contribution is 0.0520. The number of carbonyl (C=O) groups excluding carboxylic acids is 1. The molecule has 0 aliphatic rings. The van der Waals surface area contributed by atoms with Crippen molar-refractivity contribution in [1.82, 2.24) is 4.98 Å². The molecule has 22 heavy (non-hydrogen) atoms. The fourth-order valence-corrected chi connectivity index (χ4v) is 2.73. The number of nitrogens with zero attached hydrogens (tertiary/aromatic N) is 1. The van der Waals surface area contributed by atoms with E-state index in [1.54, 1.807) is 12.3 Å². The van der Waals surface area contributed by atoms with Crippen LogP contribution >= 0.6 is 11.3 Å². The van der Waals surface area contributed by atoms with Crippen LogP contribution in [0.4, 0.5) is 5.69 Å². The summed E-state index contributed by atoms with van der Waals surface area (Å²) in [4.78, 5) is 15.9. The molecule has 0 saturated heterocycles. The van der Waals surface area contributed by atoms with E-state index < -0.39 is 0 Å². The summed E-state index contributed by atoms with van der Waals surface area (Å²) in [6, 6.07) is 5.70. The van der Waals surface area contributed by atoms with Gasteiger partial charge >= 0.3 is 5.97 Å². The zero-order valence-electron chi connectivity index (χ0n) is 13.0. The fraction of sp³-hybridized carbons (Fsp3) is 0.375. The average molecular weight is 320 g/mol. The van der Waals surface area contributed by atoms with Crippen molar-refractivity contribution < 1.29 is 14.3 Å². The zero-order chi connectivity index (χ0) is 16.1. The summed E-state index contributed by atoms with van der Waals surface area (Å²) in [6.45, 7) is 6.04. The van der Waals surface area contributed by atoms with Gasteiger partial charge in [-0.05, 0) is 38.5 Å². The summed E-state index contributed by atoms with van der Waals surface area (Å²) in [6.07, 6.45) is 0.704. The first-order valence-electron chi connectivity index (χ1n) is 7.16. The van der Waals surface area contributed by atoms with Crippen molar-refractivity contribution >= 4 is 23.0 Å². The third kappa shape index (κ3) is 4.21. The number of nitrogen functional groups attached to an aromatic ring is 1. The number of esters is 1. The summed E-state index contributed by atoms with van der Waals surface area (Å²) >= 11 is 1.44. The van der Waals surface area contributed by atoms with Gasteiger partial charge < -0.3 is 15.2 Å². The van der Waals surface area contributed by atoms with E-state index in [1.165, 1.54) is 11.3 Å². The summed E-state index contributed by atoms with van der Waals surface area (Å²) in [5.41, 5.74) is 7.99. The zero-order valence-corrected chi connectivity index (χ0v) is 13.8. The molecule has 1 aromatic heterocycles. The molecule has 118 valence electrons. The number of carbonyl (C=O) groups is 1. The molecule has 2 N–H and O–H groups in total. The smallest absolute Gasteiger partial charge is 0.357 e. The van der Waals surface area contributed by atoms with Crippen LogP contribution in [0.1, 0.15) is 41.8 Å². The number of ether oxygens (including phenoxy) is 2. The minimum atomic E-state index is -0.384. The van der Waals surface area contributed by atoms with E-state index in [1.807, 2.05) is 32.0 Å². The maximum atomic E-state index is 11.6. The molecule has 0 saturated carbocycles. The Morgan fingerprint density at radius 2 is 2.18 bits per heavy atom. The third-order valence-corrected chi connectivity index (χ3v) is 3.68. The van der Waals surface area contributed by atoms with Crippen molar-refractivity contribution in [3.8, 4) is 5.75 Å². The van der Waals surface area contributed by atoms with E-state index in [2.05, 4.69) is 4.98 Å². The summed E-state index contributed by atoms with van der Waals surface area (Å²) < 4.78 is 10.5. The number of rotatable bonds is 6. The first-order valence-corrected chi connectivity index (χ1v) is 8.04. The van der Waals surface area contributed by atoms with E-state index in [4.69, 9.17) is 15.2 Å². The SMILES string of the molecule is CCOC(=O)c1csc(Cc2ccc(OC(C)C)c(N)c2)n1. The van der Waals surface area contributed by atoms with Crippen LogP contribution in [0.25, 0.3) is 0 Å². The van der Waals surface area contributed by atoms with Gasteiger partial charge in [0.05, 0.1) is 23.4 Å². The van der Waals surface area contributed by atoms with Crippen molar-refractivity contribution in [1.29, 1.82) is 0 Å². The lowest BCUT2D eigenvalue weighted by atomic mass is 10.1. The predicted molar refractivity (Wildman–Crippen MR) is 87.5 cm³/mol. The van der Waals surface area contributed by atoms with E-state index in [9.17, 15) is 4.79 Å².